The molecule has 0 saturated carbocycles. The Morgan fingerprint density at radius 2 is 1.25 bits per heavy atom. The zero-order valence-electron chi connectivity index (χ0n) is 18.0. The van der Waals surface area contributed by atoms with Crippen LogP contribution < -0.4 is 4.72 Å². The Labute approximate surface area is 173 Å². The number of benzene rings is 1. The molecule has 28 heavy (non-hydrogen) atoms. The molecule has 0 spiro atoms. The molecular formula is C23H41NO3S. The van der Waals surface area contributed by atoms with Crippen LogP contribution in [0.5, 0.6) is 5.75 Å². The highest BCUT2D eigenvalue weighted by Gasteiger charge is 2.10. The molecule has 0 saturated heterocycles. The minimum absolute atomic E-state index is 0.108. The number of sulfonamides is 1. The predicted octanol–water partition coefficient (Wildman–Crippen LogP) is 6.92. The Morgan fingerprint density at radius 3 is 1.71 bits per heavy atom. The summed E-state index contributed by atoms with van der Waals surface area (Å²) in [7, 11) is -3.34. The van der Waals surface area contributed by atoms with E-state index in [-0.39, 0.29) is 11.5 Å². The second-order valence-corrected chi connectivity index (χ2v) is 9.86. The minimum Gasteiger partial charge on any atom is -0.508 e. The summed E-state index contributed by atoms with van der Waals surface area (Å²) < 4.78 is 26.8. The molecule has 5 heteroatoms. The van der Waals surface area contributed by atoms with Crippen molar-refractivity contribution in [1.29, 1.82) is 0 Å². The molecule has 1 aromatic rings. The minimum atomic E-state index is -3.34. The molecule has 162 valence electrons. The van der Waals surface area contributed by atoms with Gasteiger partial charge in [0.05, 0.1) is 11.4 Å². The molecule has 4 nitrogen and oxygen atoms in total. The third kappa shape index (κ3) is 12.3. The van der Waals surface area contributed by atoms with Gasteiger partial charge in [-0.3, -0.25) is 4.72 Å². The van der Waals surface area contributed by atoms with E-state index in [9.17, 15) is 13.5 Å². The van der Waals surface area contributed by atoms with Crippen LogP contribution in [0.25, 0.3) is 0 Å². The van der Waals surface area contributed by atoms with Gasteiger partial charge in [0.2, 0.25) is 10.0 Å². The summed E-state index contributed by atoms with van der Waals surface area (Å²) in [6.45, 7) is 4.04. The van der Waals surface area contributed by atoms with Gasteiger partial charge in [0, 0.05) is 6.07 Å². The number of phenols is 1. The van der Waals surface area contributed by atoms with E-state index in [0.29, 0.717) is 12.1 Å². The van der Waals surface area contributed by atoms with Crippen LogP contribution in [-0.2, 0) is 10.0 Å². The molecule has 0 aliphatic carbocycles. The van der Waals surface area contributed by atoms with Crippen LogP contribution in [0.2, 0.25) is 0 Å². The highest BCUT2D eigenvalue weighted by molar-refractivity contribution is 7.92. The maximum absolute atomic E-state index is 12.1. The molecule has 0 atom stereocenters. The van der Waals surface area contributed by atoms with Gasteiger partial charge in [-0.1, -0.05) is 96.5 Å². The summed E-state index contributed by atoms with van der Waals surface area (Å²) in [5.74, 6) is 0.247. The molecule has 0 bridgehead atoms. The predicted molar refractivity (Wildman–Crippen MR) is 121 cm³/mol. The van der Waals surface area contributed by atoms with E-state index in [1.807, 2.05) is 0 Å². The van der Waals surface area contributed by atoms with E-state index in [1.54, 1.807) is 19.1 Å². The lowest BCUT2D eigenvalue weighted by Gasteiger charge is -2.09. The number of nitrogens with one attached hydrogen (secondary N) is 1. The Bertz CT molecular complexity index is 629. The van der Waals surface area contributed by atoms with Gasteiger partial charge in [0.25, 0.3) is 0 Å². The normalized spacial score (nSPS) is 11.6. The van der Waals surface area contributed by atoms with Crippen molar-refractivity contribution in [1.82, 2.24) is 0 Å². The van der Waals surface area contributed by atoms with Gasteiger partial charge in [-0.25, -0.2) is 8.42 Å². The quantitative estimate of drug-likeness (QED) is 0.273. The summed E-state index contributed by atoms with van der Waals surface area (Å²) in [4.78, 5) is 0. The van der Waals surface area contributed by atoms with Crippen LogP contribution >= 0.6 is 0 Å². The lowest BCUT2D eigenvalue weighted by atomic mass is 10.0. The first-order chi connectivity index (χ1) is 13.4. The first-order valence-electron chi connectivity index (χ1n) is 11.2. The third-order valence-corrected chi connectivity index (χ3v) is 6.62. The van der Waals surface area contributed by atoms with E-state index < -0.39 is 10.0 Å². The van der Waals surface area contributed by atoms with Crippen LogP contribution in [-0.4, -0.2) is 19.3 Å². The first kappa shape index (κ1) is 24.8. The summed E-state index contributed by atoms with van der Waals surface area (Å²) in [6.07, 6.45) is 17.5. The van der Waals surface area contributed by atoms with Crippen molar-refractivity contribution >= 4 is 15.7 Å². The number of aromatic hydroxyl groups is 1. The van der Waals surface area contributed by atoms with Crippen LogP contribution in [0.4, 0.5) is 5.69 Å². The maximum Gasteiger partial charge on any atom is 0.232 e. The van der Waals surface area contributed by atoms with Crippen molar-refractivity contribution in [2.75, 3.05) is 10.5 Å². The van der Waals surface area contributed by atoms with Crippen LogP contribution in [0.3, 0.4) is 0 Å². The monoisotopic (exact) mass is 411 g/mol. The molecule has 0 aliphatic heterocycles. The van der Waals surface area contributed by atoms with Gasteiger partial charge in [-0.15, -0.1) is 0 Å². The van der Waals surface area contributed by atoms with Crippen molar-refractivity contribution in [3.8, 4) is 5.75 Å². The summed E-state index contributed by atoms with van der Waals surface area (Å²) in [5.41, 5.74) is 1.16. The Balaban J connectivity index is 1.98. The molecular weight excluding hydrogens is 370 g/mol. The standard InChI is InChI=1S/C23H41NO3S/c1-3-4-5-6-7-8-9-10-11-12-13-14-15-16-19-28(26,27)24-22-18-17-21(2)23(25)20-22/h17-18,20,24-25H,3-16,19H2,1-2H3. The molecule has 0 heterocycles. The molecule has 0 amide bonds. The molecule has 1 rings (SSSR count). The number of aryl methyl sites for hydroxylation is 1. The Morgan fingerprint density at radius 1 is 0.786 bits per heavy atom. The first-order valence-corrected chi connectivity index (χ1v) is 12.9. The van der Waals surface area contributed by atoms with Crippen molar-refractivity contribution in [3.05, 3.63) is 23.8 Å². The average molecular weight is 412 g/mol. The molecule has 0 unspecified atom stereocenters. The molecule has 0 aromatic heterocycles. The van der Waals surface area contributed by atoms with Crippen LogP contribution in [0, 0.1) is 6.92 Å². The van der Waals surface area contributed by atoms with Crippen LogP contribution in [0.1, 0.15) is 102 Å². The lowest BCUT2D eigenvalue weighted by Crippen LogP contribution is -2.16. The number of anilines is 1. The summed E-state index contributed by atoms with van der Waals surface area (Å²) in [6, 6.07) is 4.84. The van der Waals surface area contributed by atoms with Crippen molar-refractivity contribution in [2.45, 2.75) is 104 Å². The zero-order valence-corrected chi connectivity index (χ0v) is 18.8. The van der Waals surface area contributed by atoms with Gasteiger partial charge >= 0.3 is 0 Å². The Hall–Kier alpha value is -1.23. The average Bonchev–Trinajstić information content (AvgIpc) is 2.65. The van der Waals surface area contributed by atoms with E-state index in [0.717, 1.165) is 18.4 Å². The lowest BCUT2D eigenvalue weighted by molar-refractivity contribution is 0.471. The highest BCUT2D eigenvalue weighted by Crippen LogP contribution is 2.22. The van der Waals surface area contributed by atoms with E-state index in [2.05, 4.69) is 11.6 Å². The Kier molecular flexibility index (Phi) is 13.0. The smallest absolute Gasteiger partial charge is 0.232 e. The van der Waals surface area contributed by atoms with Gasteiger partial charge in [0.1, 0.15) is 5.75 Å². The zero-order chi connectivity index (χ0) is 20.7. The van der Waals surface area contributed by atoms with Gasteiger partial charge in [-0.05, 0) is 25.0 Å². The van der Waals surface area contributed by atoms with Gasteiger partial charge in [0.15, 0.2) is 0 Å². The topological polar surface area (TPSA) is 66.4 Å². The number of rotatable bonds is 17. The fraction of sp³-hybridized carbons (Fsp3) is 0.739. The van der Waals surface area contributed by atoms with Crippen molar-refractivity contribution < 1.29 is 13.5 Å². The number of unbranched alkanes of at least 4 members (excludes halogenated alkanes) is 13. The van der Waals surface area contributed by atoms with Gasteiger partial charge < -0.3 is 5.11 Å². The maximum atomic E-state index is 12.1. The third-order valence-electron chi connectivity index (χ3n) is 5.25. The molecule has 0 aliphatic rings. The molecule has 1 aromatic carbocycles. The number of hydrogen-bond donors (Lipinski definition) is 2. The second kappa shape index (κ2) is 14.7. The van der Waals surface area contributed by atoms with Crippen molar-refractivity contribution in [3.63, 3.8) is 0 Å². The van der Waals surface area contributed by atoms with E-state index in [4.69, 9.17) is 0 Å². The summed E-state index contributed by atoms with van der Waals surface area (Å²) in [5, 5.41) is 9.67. The highest BCUT2D eigenvalue weighted by atomic mass is 32.2. The van der Waals surface area contributed by atoms with Crippen molar-refractivity contribution in [2.24, 2.45) is 0 Å². The molecule has 0 radical (unpaired) electrons. The van der Waals surface area contributed by atoms with E-state index in [1.165, 1.54) is 76.7 Å². The van der Waals surface area contributed by atoms with Crippen LogP contribution in [0.15, 0.2) is 18.2 Å². The number of phenolic OH excluding ortho intramolecular Hbond substituents is 1. The fourth-order valence-corrected chi connectivity index (χ4v) is 4.56. The largest absolute Gasteiger partial charge is 0.508 e. The fourth-order valence-electron chi connectivity index (χ4n) is 3.39. The van der Waals surface area contributed by atoms with Gasteiger partial charge in [-0.2, -0.15) is 0 Å². The molecule has 0 fully saturated rings. The summed E-state index contributed by atoms with van der Waals surface area (Å²) >= 11 is 0. The molecule has 2 N–H and O–H groups in total. The number of hydrogen-bond acceptors (Lipinski definition) is 3. The SMILES string of the molecule is CCCCCCCCCCCCCCCCS(=O)(=O)Nc1ccc(C)c(O)c1. The second-order valence-electron chi connectivity index (χ2n) is 8.02. The van der Waals surface area contributed by atoms with E-state index >= 15 is 0 Å².